The van der Waals surface area contributed by atoms with E-state index >= 15 is 0 Å². The van der Waals surface area contributed by atoms with Crippen molar-refractivity contribution in [3.8, 4) is 0 Å². The first kappa shape index (κ1) is 14.2. The predicted octanol–water partition coefficient (Wildman–Crippen LogP) is 1.91. The molecule has 0 aliphatic carbocycles. The van der Waals surface area contributed by atoms with E-state index in [9.17, 15) is 4.79 Å². The fourth-order valence-corrected chi connectivity index (χ4v) is 1.35. The van der Waals surface area contributed by atoms with Crippen molar-refractivity contribution in [1.82, 2.24) is 15.3 Å². The zero-order chi connectivity index (χ0) is 13.5. The van der Waals surface area contributed by atoms with Gasteiger partial charge < -0.3 is 10.6 Å². The summed E-state index contributed by atoms with van der Waals surface area (Å²) in [5, 5.41) is 5.93. The number of aromatic nitrogens is 2. The Morgan fingerprint density at radius 3 is 2.89 bits per heavy atom. The maximum atomic E-state index is 11.9. The van der Waals surface area contributed by atoms with Gasteiger partial charge in [-0.05, 0) is 20.3 Å². The predicted molar refractivity (Wildman–Crippen MR) is 72.7 cm³/mol. The monoisotopic (exact) mass is 248 g/mol. The first-order chi connectivity index (χ1) is 8.56. The Morgan fingerprint density at radius 2 is 2.28 bits per heavy atom. The summed E-state index contributed by atoms with van der Waals surface area (Å²) >= 11 is 0. The SMILES string of the molecule is C=CCNc1cc(C(=O)NC(C)CC)nc(C)n1. The molecule has 0 saturated carbocycles. The molecule has 0 radical (unpaired) electrons. The lowest BCUT2D eigenvalue weighted by Crippen LogP contribution is -2.32. The van der Waals surface area contributed by atoms with Crippen molar-refractivity contribution in [2.24, 2.45) is 0 Å². The molecular weight excluding hydrogens is 228 g/mol. The smallest absolute Gasteiger partial charge is 0.270 e. The van der Waals surface area contributed by atoms with Crippen LogP contribution >= 0.6 is 0 Å². The summed E-state index contributed by atoms with van der Waals surface area (Å²) in [4.78, 5) is 20.3. The van der Waals surface area contributed by atoms with Gasteiger partial charge in [0.2, 0.25) is 0 Å². The largest absolute Gasteiger partial charge is 0.366 e. The highest BCUT2D eigenvalue weighted by Gasteiger charge is 2.12. The summed E-state index contributed by atoms with van der Waals surface area (Å²) in [5.74, 6) is 1.03. The van der Waals surface area contributed by atoms with Crippen LogP contribution in [0.1, 0.15) is 36.6 Å². The second kappa shape index (κ2) is 6.74. The third-order valence-electron chi connectivity index (χ3n) is 2.49. The Morgan fingerprint density at radius 1 is 1.56 bits per heavy atom. The van der Waals surface area contributed by atoms with Crippen LogP contribution in [-0.4, -0.2) is 28.5 Å². The first-order valence-electron chi connectivity index (χ1n) is 6.08. The molecule has 1 aromatic rings. The van der Waals surface area contributed by atoms with Gasteiger partial charge in [0, 0.05) is 18.7 Å². The van der Waals surface area contributed by atoms with E-state index in [2.05, 4.69) is 27.2 Å². The number of hydrogen-bond donors (Lipinski definition) is 2. The molecule has 0 bridgehead atoms. The number of carbonyl (C=O) groups excluding carboxylic acids is 1. The van der Waals surface area contributed by atoms with Gasteiger partial charge in [-0.1, -0.05) is 13.0 Å². The molecule has 5 nitrogen and oxygen atoms in total. The highest BCUT2D eigenvalue weighted by Crippen LogP contribution is 2.07. The van der Waals surface area contributed by atoms with Crippen molar-refractivity contribution < 1.29 is 4.79 Å². The van der Waals surface area contributed by atoms with Crippen molar-refractivity contribution in [1.29, 1.82) is 0 Å². The Bertz CT molecular complexity index is 431. The van der Waals surface area contributed by atoms with Crippen LogP contribution in [0, 0.1) is 6.92 Å². The molecule has 0 saturated heterocycles. The second-order valence-electron chi connectivity index (χ2n) is 4.14. The lowest BCUT2D eigenvalue weighted by Gasteiger charge is -2.12. The zero-order valence-electron chi connectivity index (χ0n) is 11.2. The van der Waals surface area contributed by atoms with Crippen molar-refractivity contribution in [3.05, 3.63) is 30.2 Å². The minimum Gasteiger partial charge on any atom is -0.366 e. The van der Waals surface area contributed by atoms with Crippen LogP contribution in [0.5, 0.6) is 0 Å². The molecule has 1 unspecified atom stereocenters. The van der Waals surface area contributed by atoms with E-state index < -0.39 is 0 Å². The van der Waals surface area contributed by atoms with Crippen LogP contribution in [0.25, 0.3) is 0 Å². The Labute approximate surface area is 108 Å². The number of nitrogens with zero attached hydrogens (tertiary/aromatic N) is 2. The number of anilines is 1. The van der Waals surface area contributed by atoms with E-state index in [0.717, 1.165) is 6.42 Å². The van der Waals surface area contributed by atoms with E-state index in [1.165, 1.54) is 0 Å². The van der Waals surface area contributed by atoms with E-state index in [1.54, 1.807) is 19.1 Å². The Kier molecular flexibility index (Phi) is 5.30. The summed E-state index contributed by atoms with van der Waals surface area (Å²) in [5.41, 5.74) is 0.384. The third-order valence-corrected chi connectivity index (χ3v) is 2.49. The van der Waals surface area contributed by atoms with Gasteiger partial charge in [-0.25, -0.2) is 9.97 Å². The van der Waals surface area contributed by atoms with Gasteiger partial charge in [-0.3, -0.25) is 4.79 Å². The van der Waals surface area contributed by atoms with Crippen molar-refractivity contribution in [3.63, 3.8) is 0 Å². The van der Waals surface area contributed by atoms with E-state index in [1.807, 2.05) is 13.8 Å². The van der Waals surface area contributed by atoms with Gasteiger partial charge in [0.05, 0.1) is 0 Å². The molecule has 1 atom stereocenters. The Balaban J connectivity index is 2.84. The van der Waals surface area contributed by atoms with Crippen LogP contribution < -0.4 is 10.6 Å². The molecular formula is C13H20N4O. The molecule has 0 aromatic carbocycles. The van der Waals surface area contributed by atoms with Crippen molar-refractivity contribution >= 4 is 11.7 Å². The van der Waals surface area contributed by atoms with Gasteiger partial charge in [-0.15, -0.1) is 6.58 Å². The van der Waals surface area contributed by atoms with Crippen LogP contribution in [-0.2, 0) is 0 Å². The number of nitrogens with one attached hydrogen (secondary N) is 2. The zero-order valence-corrected chi connectivity index (χ0v) is 11.2. The lowest BCUT2D eigenvalue weighted by atomic mass is 10.2. The van der Waals surface area contributed by atoms with Crippen LogP contribution in [0.2, 0.25) is 0 Å². The molecule has 98 valence electrons. The normalized spacial score (nSPS) is 11.7. The molecule has 1 amide bonds. The molecule has 0 fully saturated rings. The molecule has 5 heteroatoms. The lowest BCUT2D eigenvalue weighted by molar-refractivity contribution is 0.0934. The Hall–Kier alpha value is -1.91. The van der Waals surface area contributed by atoms with Crippen molar-refractivity contribution in [2.45, 2.75) is 33.2 Å². The fourth-order valence-electron chi connectivity index (χ4n) is 1.35. The second-order valence-corrected chi connectivity index (χ2v) is 4.14. The fraction of sp³-hybridized carbons (Fsp3) is 0.462. The van der Waals surface area contributed by atoms with Crippen LogP contribution in [0.15, 0.2) is 18.7 Å². The molecule has 0 spiro atoms. The van der Waals surface area contributed by atoms with E-state index in [4.69, 9.17) is 0 Å². The van der Waals surface area contributed by atoms with Gasteiger partial charge in [-0.2, -0.15) is 0 Å². The number of amides is 1. The van der Waals surface area contributed by atoms with Crippen LogP contribution in [0.4, 0.5) is 5.82 Å². The molecule has 18 heavy (non-hydrogen) atoms. The minimum atomic E-state index is -0.170. The molecule has 1 aromatic heterocycles. The summed E-state index contributed by atoms with van der Waals surface area (Å²) in [6.45, 7) is 9.97. The standard InChI is InChI=1S/C13H20N4O/c1-5-7-14-12-8-11(16-10(4)17-12)13(18)15-9(3)6-2/h5,8-9H,1,6-7H2,2-4H3,(H,15,18)(H,14,16,17). The summed E-state index contributed by atoms with van der Waals surface area (Å²) in [6, 6.07) is 1.78. The average molecular weight is 248 g/mol. The minimum absolute atomic E-state index is 0.136. The number of aryl methyl sites for hydroxylation is 1. The highest BCUT2D eigenvalue weighted by molar-refractivity contribution is 5.93. The van der Waals surface area contributed by atoms with E-state index in [-0.39, 0.29) is 11.9 Å². The first-order valence-corrected chi connectivity index (χ1v) is 6.08. The number of carbonyl (C=O) groups is 1. The average Bonchev–Trinajstić information content (AvgIpc) is 2.35. The van der Waals surface area contributed by atoms with E-state index in [0.29, 0.717) is 23.9 Å². The van der Waals surface area contributed by atoms with Gasteiger partial charge in [0.1, 0.15) is 17.3 Å². The summed E-state index contributed by atoms with van der Waals surface area (Å²) in [6.07, 6.45) is 2.62. The molecule has 2 N–H and O–H groups in total. The number of hydrogen-bond acceptors (Lipinski definition) is 4. The maximum Gasteiger partial charge on any atom is 0.270 e. The summed E-state index contributed by atoms with van der Waals surface area (Å²) < 4.78 is 0. The summed E-state index contributed by atoms with van der Waals surface area (Å²) in [7, 11) is 0. The third kappa shape index (κ3) is 4.16. The van der Waals surface area contributed by atoms with Gasteiger partial charge >= 0.3 is 0 Å². The van der Waals surface area contributed by atoms with Crippen LogP contribution in [0.3, 0.4) is 0 Å². The molecule has 1 rings (SSSR count). The molecule has 0 aliphatic rings. The van der Waals surface area contributed by atoms with Gasteiger partial charge in [0.15, 0.2) is 0 Å². The van der Waals surface area contributed by atoms with Crippen molar-refractivity contribution in [2.75, 3.05) is 11.9 Å². The highest BCUT2D eigenvalue weighted by atomic mass is 16.1. The molecule has 1 heterocycles. The van der Waals surface area contributed by atoms with Gasteiger partial charge in [0.25, 0.3) is 5.91 Å². The topological polar surface area (TPSA) is 66.9 Å². The molecule has 0 aliphatic heterocycles. The number of rotatable bonds is 6. The quantitative estimate of drug-likeness (QED) is 0.755. The maximum absolute atomic E-state index is 11.9.